The molecule has 37 nitrogen and oxygen atoms in total. The SMILES string of the molecule is CC[C@H](C)[C@H](N)C(=O)N[C@@H](CCC(=O)O)C(=O)N[C@@H](CCC(=O)O)C(=O)N[C@@H](CCCCN)C(=O)N[C@@H](CCCN=C(N)N)C(=O)N[C@@H](CCCCN)C(=O)N[C@@H](CCCN=C(N)N)C(=O)N[C@H](C(=O)N[C@@H](Cc1ccc(O)cc1)C(=O)N[C@@H](CCC(=O)O)C(=O)O)[C@@H](C)O. The van der Waals surface area contributed by atoms with Gasteiger partial charge < -0.3 is 119 Å². The van der Waals surface area contributed by atoms with Crippen LogP contribution in [0.15, 0.2) is 34.3 Å². The van der Waals surface area contributed by atoms with E-state index in [9.17, 15) is 93.0 Å². The lowest BCUT2D eigenvalue weighted by molar-refractivity contribution is -0.143. The average molecular weight is 1350 g/mol. The van der Waals surface area contributed by atoms with Crippen molar-refractivity contribution in [2.24, 2.45) is 56.0 Å². The molecule has 0 heterocycles. The van der Waals surface area contributed by atoms with E-state index in [4.69, 9.17) is 40.1 Å². The summed E-state index contributed by atoms with van der Waals surface area (Å²) in [5.74, 6) is -16.3. The highest BCUT2D eigenvalue weighted by Crippen LogP contribution is 2.15. The number of aliphatic imine (C=N–C) groups is 2. The third kappa shape index (κ3) is 34.3. The van der Waals surface area contributed by atoms with E-state index < -0.39 is 182 Å². The number of aromatic hydroxyl groups is 1. The normalized spacial score (nSPS) is 14.8. The standard InChI is InChI=1S/C58H98N18O19/c1-4-30(2)45(61)54(92)73-39(20-23-43(81)82)51(89)72-38(19-22-42(79)80)50(88)69-35(12-6-8-26-60)47(85)70-36(13-9-27-66-57(62)63)49(87)68-34(11-5-7-25-59)48(86)71-37(14-10-28-67-58(64)65)52(90)76-46(31(3)77)55(93)75-41(29-32-15-17-33(78)18-16-32)53(91)74-40(56(94)95)21-24-44(83)84/h15-18,30-31,34-41,45-46,77-78H,4-14,19-29,59-61H2,1-3H3,(H,68,87)(H,69,88)(H,70,85)(H,71,86)(H,72,89)(H,73,92)(H,74,91)(H,75,93)(H,76,90)(H,79,80)(H,81,82)(H,83,84)(H,94,95)(H4,62,63,66)(H4,64,65,67)/t30-,31+,34-,35-,36-,37-,38-,39-,40-,41-,45-,46-/m0/s1. The van der Waals surface area contributed by atoms with Gasteiger partial charge in [0.05, 0.1) is 12.1 Å². The number of phenolic OH excluding ortho intramolecular Hbond substituents is 1. The van der Waals surface area contributed by atoms with Gasteiger partial charge in [0.1, 0.15) is 60.1 Å². The summed E-state index contributed by atoms with van der Waals surface area (Å²) in [6.07, 6.45) is -5.12. The summed E-state index contributed by atoms with van der Waals surface area (Å²) in [4.78, 5) is 182. The lowest BCUT2D eigenvalue weighted by Crippen LogP contribution is -2.62. The smallest absolute Gasteiger partial charge is 0.326 e. The number of aliphatic carboxylic acids is 4. The highest BCUT2D eigenvalue weighted by Gasteiger charge is 2.37. The molecule has 534 valence electrons. The minimum Gasteiger partial charge on any atom is -0.508 e. The summed E-state index contributed by atoms with van der Waals surface area (Å²) < 4.78 is 0. The van der Waals surface area contributed by atoms with E-state index in [0.717, 1.165) is 6.92 Å². The van der Waals surface area contributed by atoms with Crippen LogP contribution in [0.3, 0.4) is 0 Å². The second-order valence-corrected chi connectivity index (χ2v) is 22.6. The largest absolute Gasteiger partial charge is 0.508 e. The van der Waals surface area contributed by atoms with Gasteiger partial charge in [0.25, 0.3) is 0 Å². The van der Waals surface area contributed by atoms with Crippen LogP contribution >= 0.6 is 0 Å². The molecular formula is C58H98N18O19. The fourth-order valence-electron chi connectivity index (χ4n) is 9.08. The minimum atomic E-state index is -1.92. The van der Waals surface area contributed by atoms with Gasteiger partial charge >= 0.3 is 23.9 Å². The molecule has 1 aromatic rings. The minimum absolute atomic E-state index is 0.00355. The van der Waals surface area contributed by atoms with Gasteiger partial charge in [-0.05, 0) is 127 Å². The molecule has 0 aliphatic rings. The Labute approximate surface area is 548 Å². The Morgan fingerprint density at radius 1 is 0.432 bits per heavy atom. The van der Waals surface area contributed by atoms with Crippen LogP contribution in [0.4, 0.5) is 0 Å². The third-order valence-electron chi connectivity index (χ3n) is 14.8. The van der Waals surface area contributed by atoms with Crippen LogP contribution in [0.2, 0.25) is 0 Å². The van der Waals surface area contributed by atoms with Gasteiger partial charge in [0.15, 0.2) is 11.9 Å². The van der Waals surface area contributed by atoms with Crippen molar-refractivity contribution < 1.29 is 93.0 Å². The maximum absolute atomic E-state index is 14.6. The number of carbonyl (C=O) groups excluding carboxylic acids is 9. The van der Waals surface area contributed by atoms with Crippen molar-refractivity contribution in [2.45, 2.75) is 203 Å². The second kappa shape index (κ2) is 44.9. The van der Waals surface area contributed by atoms with E-state index in [1.807, 2.05) is 0 Å². The number of carboxylic acids is 4. The average Bonchev–Trinajstić information content (AvgIpc) is 0.889. The number of hydrogen-bond donors (Lipinski definition) is 22. The molecule has 0 radical (unpaired) electrons. The highest BCUT2D eigenvalue weighted by molar-refractivity contribution is 5.99. The van der Waals surface area contributed by atoms with Crippen LogP contribution in [-0.2, 0) is 68.7 Å². The van der Waals surface area contributed by atoms with Gasteiger partial charge in [0.2, 0.25) is 53.2 Å². The van der Waals surface area contributed by atoms with Crippen molar-refractivity contribution in [1.82, 2.24) is 47.9 Å². The molecule has 0 unspecified atom stereocenters. The fraction of sp³-hybridized carbons (Fsp3) is 0.638. The number of hydrogen-bond acceptors (Lipinski definition) is 20. The molecule has 29 N–H and O–H groups in total. The van der Waals surface area contributed by atoms with Crippen LogP contribution in [0.5, 0.6) is 5.75 Å². The Hall–Kier alpha value is -9.49. The van der Waals surface area contributed by atoms with E-state index in [2.05, 4.69) is 57.8 Å². The highest BCUT2D eigenvalue weighted by atomic mass is 16.4. The number of guanidine groups is 2. The van der Waals surface area contributed by atoms with E-state index in [1.165, 1.54) is 24.3 Å². The Bertz CT molecular complexity index is 2770. The Kier molecular flexibility index (Phi) is 39.5. The summed E-state index contributed by atoms with van der Waals surface area (Å²) in [7, 11) is 0. The lowest BCUT2D eigenvalue weighted by atomic mass is 9.98. The van der Waals surface area contributed by atoms with Gasteiger partial charge in [0, 0.05) is 38.8 Å². The van der Waals surface area contributed by atoms with Crippen molar-refractivity contribution in [3.05, 3.63) is 29.8 Å². The van der Waals surface area contributed by atoms with Crippen molar-refractivity contribution in [3.63, 3.8) is 0 Å². The summed E-state index contributed by atoms with van der Waals surface area (Å²) in [5.41, 5.74) is 40.1. The first-order valence-corrected chi connectivity index (χ1v) is 31.1. The lowest BCUT2D eigenvalue weighted by Gasteiger charge is -2.29. The Morgan fingerprint density at radius 3 is 1.08 bits per heavy atom. The van der Waals surface area contributed by atoms with E-state index >= 15 is 0 Å². The molecule has 9 amide bonds. The number of phenols is 1. The number of amides is 9. The zero-order valence-electron chi connectivity index (χ0n) is 53.7. The molecule has 0 spiro atoms. The van der Waals surface area contributed by atoms with Crippen molar-refractivity contribution >= 4 is 89.0 Å². The molecule has 0 aliphatic heterocycles. The number of carboxylic acid groups (broad SMARTS) is 4. The number of nitrogens with one attached hydrogen (secondary N) is 9. The fourth-order valence-corrected chi connectivity index (χ4v) is 9.08. The van der Waals surface area contributed by atoms with E-state index in [-0.39, 0.29) is 108 Å². The number of nitrogens with two attached hydrogens (primary N) is 7. The maximum Gasteiger partial charge on any atom is 0.326 e. The van der Waals surface area contributed by atoms with E-state index in [1.54, 1.807) is 13.8 Å². The van der Waals surface area contributed by atoms with Gasteiger partial charge in [-0.25, -0.2) is 4.79 Å². The van der Waals surface area contributed by atoms with Crippen LogP contribution in [0, 0.1) is 5.92 Å². The number of carbonyl (C=O) groups is 13. The van der Waals surface area contributed by atoms with Crippen LogP contribution in [-0.4, -0.2) is 212 Å². The predicted molar refractivity (Wildman–Crippen MR) is 342 cm³/mol. The Morgan fingerprint density at radius 2 is 0.747 bits per heavy atom. The molecule has 1 aromatic carbocycles. The molecular weight excluding hydrogens is 1250 g/mol. The third-order valence-corrected chi connectivity index (χ3v) is 14.8. The van der Waals surface area contributed by atoms with Crippen LogP contribution < -0.4 is 88.0 Å². The van der Waals surface area contributed by atoms with Crippen LogP contribution in [0.25, 0.3) is 0 Å². The number of rotatable bonds is 49. The van der Waals surface area contributed by atoms with Gasteiger partial charge in [-0.2, -0.15) is 0 Å². The Balaban J connectivity index is 3.82. The predicted octanol–water partition coefficient (Wildman–Crippen LogP) is -5.90. The molecule has 0 aliphatic carbocycles. The monoisotopic (exact) mass is 1350 g/mol. The number of benzene rings is 1. The van der Waals surface area contributed by atoms with Gasteiger partial charge in [-0.1, -0.05) is 32.4 Å². The first kappa shape index (κ1) is 83.5. The van der Waals surface area contributed by atoms with Crippen molar-refractivity contribution in [2.75, 3.05) is 26.2 Å². The summed E-state index contributed by atoms with van der Waals surface area (Å²) in [5, 5.41) is 80.8. The van der Waals surface area contributed by atoms with Crippen molar-refractivity contribution in [1.29, 1.82) is 0 Å². The summed E-state index contributed by atoms with van der Waals surface area (Å²) >= 11 is 0. The zero-order chi connectivity index (χ0) is 71.9. The first-order valence-electron chi connectivity index (χ1n) is 31.1. The first-order chi connectivity index (χ1) is 44.7. The molecule has 95 heavy (non-hydrogen) atoms. The number of nitrogens with zero attached hydrogens (tertiary/aromatic N) is 2. The summed E-state index contributed by atoms with van der Waals surface area (Å²) in [6.45, 7) is 4.60. The quantitative estimate of drug-likeness (QED) is 0.0164. The molecule has 1 rings (SSSR count). The molecule has 0 bridgehead atoms. The number of aliphatic hydroxyl groups excluding tert-OH is 1. The van der Waals surface area contributed by atoms with Gasteiger partial charge in [-0.3, -0.25) is 67.5 Å². The molecule has 0 saturated heterocycles. The molecule has 0 fully saturated rings. The maximum atomic E-state index is 14.6. The number of aliphatic hydroxyl groups is 1. The van der Waals surface area contributed by atoms with Crippen LogP contribution in [0.1, 0.15) is 135 Å². The topological polar surface area (TPSA) is 658 Å². The molecule has 37 heteroatoms. The molecule has 0 aromatic heterocycles. The second-order valence-electron chi connectivity index (χ2n) is 22.6. The van der Waals surface area contributed by atoms with E-state index in [0.29, 0.717) is 24.8 Å². The number of unbranched alkanes of at least 4 members (excludes halogenated alkanes) is 2. The van der Waals surface area contributed by atoms with Crippen molar-refractivity contribution in [3.8, 4) is 5.75 Å². The zero-order valence-corrected chi connectivity index (χ0v) is 53.7. The molecule has 12 atom stereocenters. The molecule has 0 saturated carbocycles. The summed E-state index contributed by atoms with van der Waals surface area (Å²) in [6, 6.07) is -10.7. The van der Waals surface area contributed by atoms with Gasteiger partial charge in [-0.15, -0.1) is 0 Å².